The van der Waals surface area contributed by atoms with E-state index in [1.165, 1.54) is 11.3 Å². The molecule has 0 aliphatic rings. The van der Waals surface area contributed by atoms with E-state index in [0.29, 0.717) is 18.5 Å². The minimum Gasteiger partial charge on any atom is -0.449 e. The molecule has 4 rings (SSSR count). The minimum absolute atomic E-state index is 0.128. The van der Waals surface area contributed by atoms with Gasteiger partial charge in [0.05, 0.1) is 13.2 Å². The molecule has 0 aliphatic carbocycles. The van der Waals surface area contributed by atoms with Gasteiger partial charge in [-0.2, -0.15) is 0 Å². The van der Waals surface area contributed by atoms with Gasteiger partial charge in [-0.15, -0.1) is 11.3 Å². The van der Waals surface area contributed by atoms with Gasteiger partial charge in [-0.25, -0.2) is 27.9 Å². The summed E-state index contributed by atoms with van der Waals surface area (Å²) in [4.78, 5) is 22.8. The molecule has 0 spiro atoms. The lowest BCUT2D eigenvalue weighted by Gasteiger charge is -2.11. The Morgan fingerprint density at radius 3 is 2.42 bits per heavy atom. The summed E-state index contributed by atoms with van der Waals surface area (Å²) in [6, 6.07) is 11.9. The molecule has 0 unspecified atom stereocenters. The first-order valence-electron chi connectivity index (χ1n) is 13.9. The summed E-state index contributed by atoms with van der Waals surface area (Å²) in [5.41, 5.74) is 6.29. The monoisotopic (exact) mass is 582 g/mol. The fraction of sp³-hybridized carbons (Fsp3) is 0.433. The third-order valence-corrected chi connectivity index (χ3v) is 9.78. The van der Waals surface area contributed by atoms with E-state index in [2.05, 4.69) is 36.1 Å². The second kappa shape index (κ2) is 13.0. The Balaban J connectivity index is 1.64. The van der Waals surface area contributed by atoms with Gasteiger partial charge in [-0.3, -0.25) is 0 Å². The number of hydrogen-bond donors (Lipinski definition) is 1. The summed E-state index contributed by atoms with van der Waals surface area (Å²) in [6.07, 6.45) is 4.10. The number of carbonyl (C=O) groups excluding carboxylic acids is 1. The van der Waals surface area contributed by atoms with Crippen LogP contribution in [0.4, 0.5) is 4.79 Å². The van der Waals surface area contributed by atoms with Crippen LogP contribution < -0.4 is 4.72 Å². The predicted molar refractivity (Wildman–Crippen MR) is 160 cm³/mol. The SMILES string of the molecule is CCCCOC(=O)NS(=O)(=O)c1sc(CCCC)cc1-c1ccc(Cn2c(CC)nc3c(C)cc(C)nc32)cc1. The topological polar surface area (TPSA) is 103 Å². The smallest absolute Gasteiger partial charge is 0.421 e. The molecule has 0 radical (unpaired) electrons. The van der Waals surface area contributed by atoms with E-state index in [0.717, 1.165) is 76.4 Å². The Bertz CT molecular complexity index is 1590. The van der Waals surface area contributed by atoms with Crippen molar-refractivity contribution < 1.29 is 17.9 Å². The Hall–Kier alpha value is -3.24. The Morgan fingerprint density at radius 2 is 1.75 bits per heavy atom. The molecule has 8 nitrogen and oxygen atoms in total. The molecule has 0 atom stereocenters. The molecule has 3 heterocycles. The van der Waals surface area contributed by atoms with Crippen molar-refractivity contribution in [2.45, 2.75) is 83.9 Å². The van der Waals surface area contributed by atoms with E-state index in [4.69, 9.17) is 14.7 Å². The molecule has 1 amide bonds. The summed E-state index contributed by atoms with van der Waals surface area (Å²) in [6.45, 7) is 11.0. The van der Waals surface area contributed by atoms with Gasteiger partial charge in [0, 0.05) is 22.6 Å². The van der Waals surface area contributed by atoms with Gasteiger partial charge in [0.25, 0.3) is 10.0 Å². The average Bonchev–Trinajstić information content (AvgIpc) is 3.50. The van der Waals surface area contributed by atoms with Gasteiger partial charge in [0.2, 0.25) is 0 Å². The predicted octanol–water partition coefficient (Wildman–Crippen LogP) is 6.94. The van der Waals surface area contributed by atoms with E-state index < -0.39 is 16.1 Å². The average molecular weight is 583 g/mol. The lowest BCUT2D eigenvalue weighted by Crippen LogP contribution is -2.31. The molecule has 40 heavy (non-hydrogen) atoms. The van der Waals surface area contributed by atoms with Crippen LogP contribution in [0.25, 0.3) is 22.3 Å². The van der Waals surface area contributed by atoms with Crippen molar-refractivity contribution in [2.24, 2.45) is 0 Å². The van der Waals surface area contributed by atoms with Crippen LogP contribution in [0.2, 0.25) is 0 Å². The van der Waals surface area contributed by atoms with Crippen molar-refractivity contribution >= 4 is 38.6 Å². The molecule has 3 aromatic heterocycles. The van der Waals surface area contributed by atoms with Crippen molar-refractivity contribution in [3.8, 4) is 11.1 Å². The number of ether oxygens (including phenoxy) is 1. The van der Waals surface area contributed by atoms with Crippen LogP contribution in [0.3, 0.4) is 0 Å². The van der Waals surface area contributed by atoms with E-state index in [-0.39, 0.29) is 10.8 Å². The quantitative estimate of drug-likeness (QED) is 0.181. The molecule has 4 aromatic rings. The number of pyridine rings is 1. The maximum atomic E-state index is 13.3. The van der Waals surface area contributed by atoms with Gasteiger partial charge in [0.1, 0.15) is 15.6 Å². The van der Waals surface area contributed by atoms with Crippen LogP contribution in [0.5, 0.6) is 0 Å². The maximum Gasteiger partial charge on any atom is 0.421 e. The molecule has 1 aromatic carbocycles. The van der Waals surface area contributed by atoms with Gasteiger partial charge in [0.15, 0.2) is 5.65 Å². The molecular formula is C30H38N4O4S2. The molecule has 214 valence electrons. The number of fused-ring (bicyclic) bond motifs is 1. The number of nitrogens with one attached hydrogen (secondary N) is 1. The number of aryl methyl sites for hydroxylation is 4. The number of thiophene rings is 1. The molecule has 0 fully saturated rings. The zero-order valence-corrected chi connectivity index (χ0v) is 25.5. The largest absolute Gasteiger partial charge is 0.449 e. The summed E-state index contributed by atoms with van der Waals surface area (Å²) in [7, 11) is -4.10. The fourth-order valence-electron chi connectivity index (χ4n) is 4.65. The number of aromatic nitrogens is 3. The maximum absolute atomic E-state index is 13.3. The number of benzene rings is 1. The van der Waals surface area contributed by atoms with Crippen LogP contribution in [0, 0.1) is 13.8 Å². The number of hydrogen-bond acceptors (Lipinski definition) is 7. The summed E-state index contributed by atoms with van der Waals surface area (Å²) < 4.78 is 36.0. The molecule has 0 bridgehead atoms. The highest BCUT2D eigenvalue weighted by Crippen LogP contribution is 2.36. The van der Waals surface area contributed by atoms with Crippen LogP contribution in [-0.2, 0) is 34.1 Å². The van der Waals surface area contributed by atoms with Crippen molar-refractivity contribution in [1.29, 1.82) is 0 Å². The number of unbranched alkanes of at least 4 members (excludes halogenated alkanes) is 2. The van der Waals surface area contributed by atoms with Crippen LogP contribution in [-0.4, -0.2) is 35.7 Å². The highest BCUT2D eigenvalue weighted by atomic mass is 32.2. The highest BCUT2D eigenvalue weighted by molar-refractivity contribution is 7.92. The lowest BCUT2D eigenvalue weighted by atomic mass is 10.1. The van der Waals surface area contributed by atoms with Gasteiger partial charge in [-0.1, -0.05) is 57.9 Å². The number of carbonyl (C=O) groups is 1. The number of sulfonamides is 1. The Morgan fingerprint density at radius 1 is 1.02 bits per heavy atom. The van der Waals surface area contributed by atoms with E-state index in [1.54, 1.807) is 0 Å². The normalized spacial score (nSPS) is 11.7. The summed E-state index contributed by atoms with van der Waals surface area (Å²) >= 11 is 1.21. The fourth-order valence-corrected chi connectivity index (χ4v) is 7.32. The van der Waals surface area contributed by atoms with Crippen molar-refractivity contribution in [3.63, 3.8) is 0 Å². The van der Waals surface area contributed by atoms with E-state index in [1.807, 2.05) is 44.2 Å². The van der Waals surface area contributed by atoms with Gasteiger partial charge < -0.3 is 9.30 Å². The standard InChI is InChI=1S/C30H38N4O4S2/c1-6-9-11-24-18-25(29(39-24)40(36,37)33-30(35)38-16-10-7-2)23-14-12-22(13-15-23)19-34-26(8-3)32-27-20(4)17-21(5)31-28(27)34/h12-15,17-18H,6-11,16,19H2,1-5H3,(H,33,35). The van der Waals surface area contributed by atoms with Crippen molar-refractivity contribution in [3.05, 3.63) is 63.9 Å². The first-order chi connectivity index (χ1) is 19.2. The highest BCUT2D eigenvalue weighted by Gasteiger charge is 2.26. The summed E-state index contributed by atoms with van der Waals surface area (Å²) in [5.74, 6) is 0.976. The van der Waals surface area contributed by atoms with Crippen molar-refractivity contribution in [1.82, 2.24) is 19.3 Å². The minimum atomic E-state index is -4.10. The number of rotatable bonds is 12. The third-order valence-electron chi connectivity index (χ3n) is 6.74. The lowest BCUT2D eigenvalue weighted by molar-refractivity contribution is 0.151. The molecule has 1 N–H and O–H groups in total. The van der Waals surface area contributed by atoms with E-state index in [9.17, 15) is 13.2 Å². The number of imidazole rings is 1. The number of nitrogens with zero attached hydrogens (tertiary/aromatic N) is 3. The Labute approximate surface area is 240 Å². The second-order valence-electron chi connectivity index (χ2n) is 10.0. The first kappa shape index (κ1) is 29.7. The van der Waals surface area contributed by atoms with Crippen LogP contribution in [0.15, 0.2) is 40.6 Å². The van der Waals surface area contributed by atoms with Crippen molar-refractivity contribution in [2.75, 3.05) is 6.61 Å². The van der Waals surface area contributed by atoms with E-state index >= 15 is 0 Å². The van der Waals surface area contributed by atoms with Gasteiger partial charge >= 0.3 is 6.09 Å². The Kier molecular flexibility index (Phi) is 9.63. The second-order valence-corrected chi connectivity index (χ2v) is 13.0. The first-order valence-corrected chi connectivity index (χ1v) is 16.2. The van der Waals surface area contributed by atoms with Crippen LogP contribution in [0.1, 0.15) is 74.0 Å². The molecular weight excluding hydrogens is 544 g/mol. The third kappa shape index (κ3) is 6.72. The molecule has 0 saturated carbocycles. The van der Waals surface area contributed by atoms with Gasteiger partial charge in [-0.05, 0) is 61.9 Å². The molecule has 0 aliphatic heterocycles. The summed E-state index contributed by atoms with van der Waals surface area (Å²) in [5, 5.41) is 0. The number of amides is 1. The zero-order valence-electron chi connectivity index (χ0n) is 23.9. The zero-order chi connectivity index (χ0) is 28.9. The molecule has 0 saturated heterocycles. The molecule has 10 heteroatoms. The van der Waals surface area contributed by atoms with Crippen LogP contribution >= 0.6 is 11.3 Å².